The molecule has 0 bridgehead atoms. The van der Waals surface area contributed by atoms with Gasteiger partial charge >= 0.3 is 0 Å². The third-order valence-corrected chi connectivity index (χ3v) is 3.90. The van der Waals surface area contributed by atoms with E-state index in [0.717, 1.165) is 0 Å². The van der Waals surface area contributed by atoms with E-state index in [4.69, 9.17) is 0 Å². The van der Waals surface area contributed by atoms with E-state index in [-0.39, 0.29) is 17.7 Å². The van der Waals surface area contributed by atoms with Gasteiger partial charge in [-0.15, -0.1) is 0 Å². The molecule has 6 nitrogen and oxygen atoms in total. The number of carbonyl (C=O) groups is 1. The van der Waals surface area contributed by atoms with Crippen LogP contribution in [-0.2, 0) is 22.1 Å². The molecule has 0 saturated heterocycles. The van der Waals surface area contributed by atoms with Crippen LogP contribution in [0.1, 0.15) is 22.8 Å². The van der Waals surface area contributed by atoms with E-state index in [1.165, 1.54) is 6.26 Å². The zero-order valence-electron chi connectivity index (χ0n) is 12.6. The molecule has 0 radical (unpaired) electrons. The van der Waals surface area contributed by atoms with Crippen LogP contribution in [0.4, 0.5) is 0 Å². The molecule has 0 saturated carbocycles. The predicted molar refractivity (Wildman–Crippen MR) is 84.1 cm³/mol. The lowest BCUT2D eigenvalue weighted by molar-refractivity contribution is 0.0936. The van der Waals surface area contributed by atoms with Crippen LogP contribution >= 0.6 is 0 Å². The number of sulfone groups is 1. The van der Waals surface area contributed by atoms with Crippen LogP contribution in [-0.4, -0.2) is 36.4 Å². The number of rotatable bonds is 6. The summed E-state index contributed by atoms with van der Waals surface area (Å²) in [4.78, 5) is 12.1. The first-order valence-corrected chi connectivity index (χ1v) is 8.94. The van der Waals surface area contributed by atoms with Crippen molar-refractivity contribution >= 4 is 15.7 Å². The summed E-state index contributed by atoms with van der Waals surface area (Å²) in [5.74, 6) is -0.213. The van der Waals surface area contributed by atoms with Crippen molar-refractivity contribution in [3.8, 4) is 0 Å². The van der Waals surface area contributed by atoms with Crippen molar-refractivity contribution in [2.75, 3.05) is 6.26 Å². The van der Waals surface area contributed by atoms with Gasteiger partial charge in [0.15, 0.2) is 9.84 Å². The van der Waals surface area contributed by atoms with Crippen LogP contribution in [0, 0.1) is 0 Å². The summed E-state index contributed by atoms with van der Waals surface area (Å²) < 4.78 is 24.2. The van der Waals surface area contributed by atoms with Crippen molar-refractivity contribution in [3.63, 3.8) is 0 Å². The molecule has 1 N–H and O–H groups in total. The molecule has 0 aliphatic carbocycles. The van der Waals surface area contributed by atoms with Gasteiger partial charge in [0.25, 0.3) is 5.91 Å². The van der Waals surface area contributed by atoms with Crippen LogP contribution in [0.3, 0.4) is 0 Å². The van der Waals surface area contributed by atoms with Crippen molar-refractivity contribution in [2.24, 2.45) is 0 Å². The molecule has 22 heavy (non-hydrogen) atoms. The Hall–Kier alpha value is -2.15. The number of nitrogens with one attached hydrogen (secondary N) is 1. The molecule has 0 aliphatic heterocycles. The van der Waals surface area contributed by atoms with Crippen LogP contribution in [0.15, 0.2) is 42.7 Å². The molecule has 118 valence electrons. The molecule has 1 amide bonds. The fourth-order valence-electron chi connectivity index (χ4n) is 2.10. The average Bonchev–Trinajstić information content (AvgIpc) is 2.90. The van der Waals surface area contributed by atoms with E-state index >= 15 is 0 Å². The summed E-state index contributed by atoms with van der Waals surface area (Å²) in [7, 11) is -3.07. The van der Waals surface area contributed by atoms with Gasteiger partial charge in [0.1, 0.15) is 0 Å². The number of hydrogen-bond acceptors (Lipinski definition) is 4. The standard InChI is InChI=1S/C15H19N3O3S/c1-12(10-18-9-3-8-16-18)17-15(19)14-6-4-13(5-7-14)11-22(2,20)21/h3-9,12H,10-11H2,1-2H3,(H,17,19)/t12-/m0/s1. The van der Waals surface area contributed by atoms with E-state index in [9.17, 15) is 13.2 Å². The Bertz CT molecular complexity index is 722. The maximum atomic E-state index is 12.1. The topological polar surface area (TPSA) is 81.1 Å². The first-order valence-electron chi connectivity index (χ1n) is 6.88. The molecular weight excluding hydrogens is 302 g/mol. The molecule has 2 rings (SSSR count). The maximum absolute atomic E-state index is 12.1. The van der Waals surface area contributed by atoms with Crippen molar-refractivity contribution in [2.45, 2.75) is 25.3 Å². The fraction of sp³-hybridized carbons (Fsp3) is 0.333. The largest absolute Gasteiger partial charge is 0.348 e. The second-order valence-electron chi connectivity index (χ2n) is 5.37. The minimum absolute atomic E-state index is 0.0232. The lowest BCUT2D eigenvalue weighted by Crippen LogP contribution is -2.35. The van der Waals surface area contributed by atoms with E-state index < -0.39 is 9.84 Å². The monoisotopic (exact) mass is 321 g/mol. The SMILES string of the molecule is C[C@@H](Cn1cccn1)NC(=O)c1ccc(CS(C)(=O)=O)cc1. The first-order chi connectivity index (χ1) is 10.3. The Balaban J connectivity index is 1.94. The number of carbonyl (C=O) groups excluding carboxylic acids is 1. The number of nitrogens with zero attached hydrogens (tertiary/aromatic N) is 2. The quantitative estimate of drug-likeness (QED) is 0.868. The summed E-state index contributed by atoms with van der Waals surface area (Å²) in [6, 6.07) is 8.35. The Morgan fingerprint density at radius 3 is 2.55 bits per heavy atom. The van der Waals surface area contributed by atoms with Crippen LogP contribution in [0.5, 0.6) is 0 Å². The van der Waals surface area contributed by atoms with E-state index in [2.05, 4.69) is 10.4 Å². The highest BCUT2D eigenvalue weighted by molar-refractivity contribution is 7.89. The van der Waals surface area contributed by atoms with Gasteiger partial charge in [-0.25, -0.2) is 8.42 Å². The lowest BCUT2D eigenvalue weighted by atomic mass is 10.1. The number of aromatic nitrogens is 2. The Morgan fingerprint density at radius 1 is 1.32 bits per heavy atom. The summed E-state index contributed by atoms with van der Waals surface area (Å²) in [6.45, 7) is 2.49. The van der Waals surface area contributed by atoms with Gasteiger partial charge in [-0.05, 0) is 30.7 Å². The lowest BCUT2D eigenvalue weighted by Gasteiger charge is -2.14. The van der Waals surface area contributed by atoms with Crippen LogP contribution in [0.2, 0.25) is 0 Å². The summed E-state index contributed by atoms with van der Waals surface area (Å²) in [5.41, 5.74) is 1.17. The van der Waals surface area contributed by atoms with Gasteiger partial charge in [0.05, 0.1) is 12.3 Å². The van der Waals surface area contributed by atoms with Gasteiger partial charge in [-0.2, -0.15) is 5.10 Å². The highest BCUT2D eigenvalue weighted by Gasteiger charge is 2.11. The summed E-state index contributed by atoms with van der Waals surface area (Å²) in [6.07, 6.45) is 4.71. The minimum Gasteiger partial charge on any atom is -0.348 e. The van der Waals surface area contributed by atoms with E-state index in [1.54, 1.807) is 35.1 Å². The summed E-state index contributed by atoms with van der Waals surface area (Å²) in [5, 5.41) is 6.97. The zero-order chi connectivity index (χ0) is 16.2. The van der Waals surface area contributed by atoms with Gasteiger partial charge in [0.2, 0.25) is 0 Å². The molecule has 1 heterocycles. The van der Waals surface area contributed by atoms with E-state index in [1.807, 2.05) is 19.2 Å². The molecule has 1 aromatic carbocycles. The van der Waals surface area contributed by atoms with Gasteiger partial charge in [-0.1, -0.05) is 12.1 Å². The van der Waals surface area contributed by atoms with Crippen molar-refractivity contribution < 1.29 is 13.2 Å². The third-order valence-electron chi connectivity index (χ3n) is 3.04. The van der Waals surface area contributed by atoms with Gasteiger partial charge in [0, 0.05) is 30.3 Å². The molecule has 2 aromatic rings. The predicted octanol–water partition coefficient (Wildman–Crippen LogP) is 1.25. The maximum Gasteiger partial charge on any atom is 0.251 e. The number of hydrogen-bond donors (Lipinski definition) is 1. The first kappa shape index (κ1) is 16.2. The molecular formula is C15H19N3O3S. The molecule has 0 fully saturated rings. The smallest absolute Gasteiger partial charge is 0.251 e. The Kier molecular flexibility index (Phi) is 4.97. The third kappa shape index (κ3) is 5.00. The van der Waals surface area contributed by atoms with Crippen LogP contribution < -0.4 is 5.32 Å². The van der Waals surface area contributed by atoms with Gasteiger partial charge < -0.3 is 5.32 Å². The second-order valence-corrected chi connectivity index (χ2v) is 7.51. The van der Waals surface area contributed by atoms with Gasteiger partial charge in [-0.3, -0.25) is 9.48 Å². The highest BCUT2D eigenvalue weighted by atomic mass is 32.2. The molecule has 1 atom stereocenters. The van der Waals surface area contributed by atoms with Crippen molar-refractivity contribution in [3.05, 3.63) is 53.9 Å². The number of benzene rings is 1. The summed E-state index contributed by atoms with van der Waals surface area (Å²) >= 11 is 0. The molecule has 0 aliphatic rings. The minimum atomic E-state index is -3.07. The normalized spacial score (nSPS) is 12.8. The van der Waals surface area contributed by atoms with E-state index in [0.29, 0.717) is 17.7 Å². The second kappa shape index (κ2) is 6.74. The Morgan fingerprint density at radius 2 is 2.00 bits per heavy atom. The van der Waals surface area contributed by atoms with Crippen LogP contribution in [0.25, 0.3) is 0 Å². The molecule has 7 heteroatoms. The fourth-order valence-corrected chi connectivity index (χ4v) is 2.89. The zero-order valence-corrected chi connectivity index (χ0v) is 13.4. The molecule has 0 spiro atoms. The Labute approximate surface area is 130 Å². The highest BCUT2D eigenvalue weighted by Crippen LogP contribution is 2.08. The molecule has 0 unspecified atom stereocenters. The molecule has 1 aromatic heterocycles. The van der Waals surface area contributed by atoms with Crippen molar-refractivity contribution in [1.82, 2.24) is 15.1 Å². The number of amides is 1. The van der Waals surface area contributed by atoms with Crippen molar-refractivity contribution in [1.29, 1.82) is 0 Å². The average molecular weight is 321 g/mol.